The smallest absolute Gasteiger partial charge is 0.171 e. The number of hydrogen-bond donors (Lipinski definition) is 0. The largest absolute Gasteiger partial charge is 0.462 e. The van der Waals surface area contributed by atoms with Crippen molar-refractivity contribution in [1.29, 1.82) is 0 Å². The molecule has 4 bridgehead atoms. The van der Waals surface area contributed by atoms with Crippen LogP contribution in [0.25, 0.3) is 0 Å². The van der Waals surface area contributed by atoms with Gasteiger partial charge in [-0.25, -0.2) is 16.7 Å². The number of fused-ring (bicyclic) bond motifs is 4. The van der Waals surface area contributed by atoms with Crippen LogP contribution in [-0.4, -0.2) is 18.0 Å². The van der Waals surface area contributed by atoms with Crippen LogP contribution >= 0.6 is 0 Å². The maximum Gasteiger partial charge on any atom is 0.171 e. The Bertz CT molecular complexity index is 764. The number of nitrogens with zero attached hydrogens (tertiary/aromatic N) is 2. The van der Waals surface area contributed by atoms with Gasteiger partial charge in [-0.15, -0.1) is 5.57 Å². The maximum absolute atomic E-state index is 3.47. The van der Waals surface area contributed by atoms with Gasteiger partial charge in [0.05, 0.1) is 0 Å². The summed E-state index contributed by atoms with van der Waals surface area (Å²) in [4.78, 5) is 2.44. The van der Waals surface area contributed by atoms with Crippen molar-refractivity contribution in [3.8, 4) is 0 Å². The molecule has 0 aliphatic carbocycles. The number of aromatic nitrogens is 1. The van der Waals surface area contributed by atoms with Crippen LogP contribution in [0.1, 0.15) is 153 Å². The van der Waals surface area contributed by atoms with Crippen molar-refractivity contribution < 1.29 is 4.57 Å². The third-order valence-corrected chi connectivity index (χ3v) is 8.70. The minimum absolute atomic E-state index is 1.13. The lowest BCUT2D eigenvalue weighted by Crippen LogP contribution is -2.33. The van der Waals surface area contributed by atoms with E-state index in [1.54, 1.807) is 5.57 Å². The lowest BCUT2D eigenvalue weighted by atomic mass is 10.0. The fourth-order valence-corrected chi connectivity index (χ4v) is 6.23. The van der Waals surface area contributed by atoms with E-state index in [1.165, 1.54) is 173 Å². The second kappa shape index (κ2) is 21.3. The highest BCUT2D eigenvalue weighted by molar-refractivity contribution is 5.16. The molecule has 2 heteroatoms. The van der Waals surface area contributed by atoms with E-state index in [9.17, 15) is 0 Å². The summed E-state index contributed by atoms with van der Waals surface area (Å²) in [5, 5.41) is 0. The molecule has 0 fully saturated rings. The van der Waals surface area contributed by atoms with Gasteiger partial charge in [-0.2, -0.15) is 6.20 Å². The molecule has 1 aromatic rings. The number of hydrogen-bond acceptors (Lipinski definition) is 1. The summed E-state index contributed by atoms with van der Waals surface area (Å²) in [5.74, 6) is 0. The zero-order chi connectivity index (χ0) is 26.4. The maximum atomic E-state index is 3.47. The number of allylic oxidation sites excluding steroid dienone is 2. The summed E-state index contributed by atoms with van der Waals surface area (Å²) in [6.07, 6.45) is 46.2. The Morgan fingerprint density at radius 1 is 0.579 bits per heavy atom. The molecule has 214 valence electrons. The summed E-state index contributed by atoms with van der Waals surface area (Å²) < 4.78 is 2.44. The first-order valence-corrected chi connectivity index (χ1v) is 16.9. The van der Waals surface area contributed by atoms with Gasteiger partial charge in [0, 0.05) is 24.6 Å². The Balaban J connectivity index is 1.32. The molecule has 2 nitrogen and oxygen atoms in total. The molecular formula is C36H60N2. The summed E-state index contributed by atoms with van der Waals surface area (Å²) in [5.41, 5.74) is 3.16. The molecule has 0 saturated carbocycles. The van der Waals surface area contributed by atoms with Crippen molar-refractivity contribution in [2.45, 2.75) is 161 Å². The van der Waals surface area contributed by atoms with Gasteiger partial charge < -0.3 is 4.90 Å². The number of rotatable bonds is 0. The SMILES string of the molecule is [C-]1=CC=C2CCCCCCCCCCCCC[n+]3cccc(c3)CCCCCCCCCCCCCN1C2. The highest BCUT2D eigenvalue weighted by atomic mass is 15.1. The van der Waals surface area contributed by atoms with Crippen molar-refractivity contribution in [1.82, 2.24) is 4.90 Å². The van der Waals surface area contributed by atoms with Gasteiger partial charge in [0.2, 0.25) is 0 Å². The van der Waals surface area contributed by atoms with Crippen molar-refractivity contribution in [3.05, 3.63) is 54.0 Å². The molecule has 0 N–H and O–H groups in total. The molecule has 0 saturated heterocycles. The molecule has 1 aromatic heterocycles. The van der Waals surface area contributed by atoms with Gasteiger partial charge in [-0.05, 0) is 44.7 Å². The first kappa shape index (κ1) is 31.0. The Morgan fingerprint density at radius 2 is 1.11 bits per heavy atom. The van der Waals surface area contributed by atoms with Crippen molar-refractivity contribution in [3.63, 3.8) is 0 Å². The van der Waals surface area contributed by atoms with E-state index in [1.807, 2.05) is 0 Å². The highest BCUT2D eigenvalue weighted by Crippen LogP contribution is 2.18. The Hall–Kier alpha value is -1.57. The van der Waals surface area contributed by atoms with E-state index in [0.29, 0.717) is 0 Å². The summed E-state index contributed by atoms with van der Waals surface area (Å²) in [6, 6.07) is 4.59. The zero-order valence-electron chi connectivity index (χ0n) is 25.0. The second-order valence-electron chi connectivity index (χ2n) is 12.3. The normalized spacial score (nSPS) is 22.0. The monoisotopic (exact) mass is 520 g/mol. The molecule has 3 heterocycles. The van der Waals surface area contributed by atoms with Crippen LogP contribution < -0.4 is 4.57 Å². The average Bonchev–Trinajstić information content (AvgIpc) is 2.94. The zero-order valence-corrected chi connectivity index (χ0v) is 25.0. The number of pyridine rings is 1. The molecule has 0 amide bonds. The Kier molecular flexibility index (Phi) is 17.3. The minimum atomic E-state index is 1.13. The van der Waals surface area contributed by atoms with E-state index in [0.717, 1.165) is 6.54 Å². The van der Waals surface area contributed by atoms with E-state index in [4.69, 9.17) is 0 Å². The lowest BCUT2D eigenvalue weighted by molar-refractivity contribution is -0.697. The fraction of sp³-hybridized carbons (Fsp3) is 0.750. The van der Waals surface area contributed by atoms with Gasteiger partial charge in [-0.1, -0.05) is 116 Å². The molecule has 3 rings (SSSR count). The van der Waals surface area contributed by atoms with Gasteiger partial charge >= 0.3 is 0 Å². The second-order valence-corrected chi connectivity index (χ2v) is 12.3. The molecular weight excluding hydrogens is 460 g/mol. The topological polar surface area (TPSA) is 7.12 Å². The first-order valence-electron chi connectivity index (χ1n) is 16.9. The van der Waals surface area contributed by atoms with E-state index in [2.05, 4.69) is 52.3 Å². The average molecular weight is 521 g/mol. The van der Waals surface area contributed by atoms with E-state index < -0.39 is 0 Å². The van der Waals surface area contributed by atoms with Gasteiger partial charge in [0.1, 0.15) is 6.54 Å². The first-order chi connectivity index (χ1) is 18.9. The molecule has 0 aromatic carbocycles. The Morgan fingerprint density at radius 3 is 1.74 bits per heavy atom. The number of aryl methyl sites for hydroxylation is 2. The van der Waals surface area contributed by atoms with Gasteiger partial charge in [0.25, 0.3) is 0 Å². The van der Waals surface area contributed by atoms with Crippen LogP contribution in [0.2, 0.25) is 0 Å². The van der Waals surface area contributed by atoms with Crippen molar-refractivity contribution in [2.75, 3.05) is 13.1 Å². The van der Waals surface area contributed by atoms with Crippen LogP contribution in [0, 0.1) is 6.20 Å². The van der Waals surface area contributed by atoms with Crippen molar-refractivity contribution >= 4 is 0 Å². The third-order valence-electron chi connectivity index (χ3n) is 8.70. The summed E-state index contributed by atoms with van der Waals surface area (Å²) >= 11 is 0. The molecule has 2 aliphatic heterocycles. The fourth-order valence-electron chi connectivity index (χ4n) is 6.23. The molecule has 0 spiro atoms. The van der Waals surface area contributed by atoms with Crippen LogP contribution in [-0.2, 0) is 13.0 Å². The highest BCUT2D eigenvalue weighted by Gasteiger charge is 2.04. The Labute approximate surface area is 237 Å². The third kappa shape index (κ3) is 15.1. The van der Waals surface area contributed by atoms with Gasteiger partial charge in [0.15, 0.2) is 12.4 Å². The van der Waals surface area contributed by atoms with Crippen LogP contribution in [0.15, 0.2) is 42.3 Å². The summed E-state index contributed by atoms with van der Waals surface area (Å²) in [6.45, 7) is 3.51. The van der Waals surface area contributed by atoms with E-state index >= 15 is 0 Å². The van der Waals surface area contributed by atoms with Crippen LogP contribution in [0.5, 0.6) is 0 Å². The summed E-state index contributed by atoms with van der Waals surface area (Å²) in [7, 11) is 0. The quantitative estimate of drug-likeness (QED) is 0.244. The molecule has 0 unspecified atom stereocenters. The predicted molar refractivity (Wildman–Crippen MR) is 164 cm³/mol. The predicted octanol–water partition coefficient (Wildman–Crippen LogP) is 10.1. The lowest BCUT2D eigenvalue weighted by Gasteiger charge is -2.32. The molecule has 0 radical (unpaired) electrons. The van der Waals surface area contributed by atoms with Crippen LogP contribution in [0.3, 0.4) is 0 Å². The molecule has 38 heavy (non-hydrogen) atoms. The van der Waals surface area contributed by atoms with Crippen molar-refractivity contribution in [2.24, 2.45) is 0 Å². The standard InChI is InChI=1S/C36H60N2/c1-3-7-11-15-19-25-35-27-23-32-38(33-35)30-22-18-14-10-6-2-4-8-12-16-20-26-36-28-24-31-37(34-36)29-21-17-13-9-5-1/h23-24,27-28,31,34H,1-22,25-26,29-30,33H2. The van der Waals surface area contributed by atoms with Gasteiger partial charge in [-0.3, -0.25) is 0 Å². The van der Waals surface area contributed by atoms with Crippen LogP contribution in [0.4, 0.5) is 0 Å². The molecule has 2 aliphatic rings. The van der Waals surface area contributed by atoms with E-state index in [-0.39, 0.29) is 0 Å². The molecule has 0 atom stereocenters. The minimum Gasteiger partial charge on any atom is -0.462 e.